The monoisotopic (exact) mass is 329 g/mol. The highest BCUT2D eigenvalue weighted by atomic mass is 16.5. The fraction of sp³-hybridized carbons (Fsp3) is 0.0455. The summed E-state index contributed by atoms with van der Waals surface area (Å²) in [6.07, 6.45) is 1.74. The van der Waals surface area contributed by atoms with Crippen molar-refractivity contribution in [2.45, 2.75) is 6.92 Å². The summed E-state index contributed by atoms with van der Waals surface area (Å²) in [7, 11) is 0. The van der Waals surface area contributed by atoms with E-state index in [-0.39, 0.29) is 5.78 Å². The first-order valence-corrected chi connectivity index (χ1v) is 8.08. The molecule has 0 radical (unpaired) electrons. The van der Waals surface area contributed by atoms with Crippen LogP contribution in [-0.2, 0) is 4.79 Å². The van der Waals surface area contributed by atoms with E-state index >= 15 is 0 Å². The van der Waals surface area contributed by atoms with Crippen LogP contribution in [0.3, 0.4) is 0 Å². The molecule has 0 aromatic heterocycles. The van der Waals surface area contributed by atoms with Crippen molar-refractivity contribution in [1.29, 1.82) is 0 Å². The van der Waals surface area contributed by atoms with Crippen LogP contribution >= 0.6 is 0 Å². The van der Waals surface area contributed by atoms with Gasteiger partial charge >= 0.3 is 0 Å². The first-order valence-electron chi connectivity index (χ1n) is 8.08. The molecule has 25 heavy (non-hydrogen) atoms. The Morgan fingerprint density at radius 1 is 0.800 bits per heavy atom. The summed E-state index contributed by atoms with van der Waals surface area (Å²) in [4.78, 5) is 11.9. The SMILES string of the molecule is CC(=O)/C(=C\Nc1ccc(Oc2ccccc2)cc1)c1ccccc1. The van der Waals surface area contributed by atoms with Gasteiger partial charge in [-0.3, -0.25) is 4.79 Å². The maximum atomic E-state index is 11.9. The molecule has 3 nitrogen and oxygen atoms in total. The van der Waals surface area contributed by atoms with Gasteiger partial charge in [-0.15, -0.1) is 0 Å². The van der Waals surface area contributed by atoms with Crippen LogP contribution in [-0.4, -0.2) is 5.78 Å². The molecule has 0 aliphatic heterocycles. The minimum Gasteiger partial charge on any atom is -0.457 e. The Hall–Kier alpha value is -3.33. The summed E-state index contributed by atoms with van der Waals surface area (Å²) in [5.74, 6) is 1.57. The van der Waals surface area contributed by atoms with Crippen molar-refractivity contribution in [3.05, 3.63) is 96.7 Å². The number of ketones is 1. The van der Waals surface area contributed by atoms with E-state index in [2.05, 4.69) is 5.32 Å². The van der Waals surface area contributed by atoms with E-state index in [9.17, 15) is 4.79 Å². The van der Waals surface area contributed by atoms with E-state index in [4.69, 9.17) is 4.74 Å². The van der Waals surface area contributed by atoms with Gasteiger partial charge in [0, 0.05) is 17.5 Å². The zero-order chi connectivity index (χ0) is 17.5. The molecule has 0 fully saturated rings. The fourth-order valence-corrected chi connectivity index (χ4v) is 2.41. The lowest BCUT2D eigenvalue weighted by molar-refractivity contribution is -0.111. The second kappa shape index (κ2) is 7.97. The first-order chi connectivity index (χ1) is 12.2. The molecular weight excluding hydrogens is 310 g/mol. The highest BCUT2D eigenvalue weighted by Crippen LogP contribution is 2.23. The number of hydrogen-bond acceptors (Lipinski definition) is 3. The Morgan fingerprint density at radius 2 is 1.36 bits per heavy atom. The molecule has 124 valence electrons. The Morgan fingerprint density at radius 3 is 1.96 bits per heavy atom. The fourth-order valence-electron chi connectivity index (χ4n) is 2.41. The molecule has 0 aliphatic rings. The van der Waals surface area contributed by atoms with Crippen molar-refractivity contribution in [3.63, 3.8) is 0 Å². The van der Waals surface area contributed by atoms with Crippen LogP contribution in [0.15, 0.2) is 91.1 Å². The molecule has 3 heteroatoms. The number of rotatable bonds is 6. The van der Waals surface area contributed by atoms with Gasteiger partial charge in [-0.25, -0.2) is 0 Å². The Labute approximate surface area is 147 Å². The molecular formula is C22H19NO2. The molecule has 0 atom stereocenters. The van der Waals surface area contributed by atoms with Crippen molar-refractivity contribution < 1.29 is 9.53 Å². The molecule has 3 aromatic carbocycles. The average Bonchev–Trinajstić information content (AvgIpc) is 2.65. The number of benzene rings is 3. The topological polar surface area (TPSA) is 38.3 Å². The molecule has 0 amide bonds. The molecule has 0 saturated carbocycles. The van der Waals surface area contributed by atoms with Crippen molar-refractivity contribution in [1.82, 2.24) is 0 Å². The highest BCUT2D eigenvalue weighted by molar-refractivity contribution is 6.19. The van der Waals surface area contributed by atoms with E-state index in [1.54, 1.807) is 13.1 Å². The minimum atomic E-state index is 0.0164. The molecule has 0 saturated heterocycles. The van der Waals surface area contributed by atoms with Crippen LogP contribution in [0.4, 0.5) is 5.69 Å². The van der Waals surface area contributed by atoms with Gasteiger partial charge in [-0.05, 0) is 48.9 Å². The third kappa shape index (κ3) is 4.58. The van der Waals surface area contributed by atoms with Gasteiger partial charge in [-0.2, -0.15) is 0 Å². The summed E-state index contributed by atoms with van der Waals surface area (Å²) >= 11 is 0. The predicted molar refractivity (Wildman–Crippen MR) is 102 cm³/mol. The number of carbonyl (C=O) groups excluding carboxylic acids is 1. The summed E-state index contributed by atoms with van der Waals surface area (Å²) in [6.45, 7) is 1.57. The maximum Gasteiger partial charge on any atom is 0.161 e. The molecule has 0 aliphatic carbocycles. The number of anilines is 1. The number of ether oxygens (including phenoxy) is 1. The summed E-state index contributed by atoms with van der Waals surface area (Å²) in [6, 6.07) is 26.9. The standard InChI is InChI=1S/C22H19NO2/c1-17(24)22(18-8-4-2-5-9-18)16-23-19-12-14-21(15-13-19)25-20-10-6-3-7-11-20/h2-16,23H,1H3/b22-16+. The second-order valence-corrected chi connectivity index (χ2v) is 5.56. The quantitative estimate of drug-likeness (QED) is 0.605. The van der Waals surface area contributed by atoms with Gasteiger partial charge in [0.2, 0.25) is 0 Å². The number of para-hydroxylation sites is 1. The Kier molecular flexibility index (Phi) is 5.27. The average molecular weight is 329 g/mol. The van der Waals surface area contributed by atoms with Crippen LogP contribution in [0.2, 0.25) is 0 Å². The largest absolute Gasteiger partial charge is 0.457 e. The number of allylic oxidation sites excluding steroid dienone is 1. The van der Waals surface area contributed by atoms with Crippen molar-refractivity contribution in [2.24, 2.45) is 0 Å². The Bertz CT molecular complexity index is 854. The van der Waals surface area contributed by atoms with Gasteiger partial charge < -0.3 is 10.1 Å². The van der Waals surface area contributed by atoms with Crippen LogP contribution in [0, 0.1) is 0 Å². The molecule has 3 rings (SSSR count). The van der Waals surface area contributed by atoms with Gasteiger partial charge in [0.15, 0.2) is 5.78 Å². The maximum absolute atomic E-state index is 11.9. The number of carbonyl (C=O) groups is 1. The van der Waals surface area contributed by atoms with Gasteiger partial charge in [-0.1, -0.05) is 48.5 Å². The lowest BCUT2D eigenvalue weighted by atomic mass is 10.0. The first kappa shape index (κ1) is 16.5. The van der Waals surface area contributed by atoms with E-state index in [0.717, 1.165) is 22.7 Å². The molecule has 0 spiro atoms. The van der Waals surface area contributed by atoms with Crippen molar-refractivity contribution in [3.8, 4) is 11.5 Å². The molecule has 0 heterocycles. The van der Waals surface area contributed by atoms with E-state index in [0.29, 0.717) is 5.57 Å². The van der Waals surface area contributed by atoms with Crippen LogP contribution in [0.25, 0.3) is 5.57 Å². The van der Waals surface area contributed by atoms with Crippen molar-refractivity contribution >= 4 is 17.0 Å². The summed E-state index contributed by atoms with van der Waals surface area (Å²) in [5, 5.41) is 3.18. The van der Waals surface area contributed by atoms with E-state index in [1.165, 1.54) is 0 Å². The normalized spacial score (nSPS) is 11.0. The predicted octanol–water partition coefficient (Wildman–Crippen LogP) is 5.52. The van der Waals surface area contributed by atoms with E-state index < -0.39 is 0 Å². The summed E-state index contributed by atoms with van der Waals surface area (Å²) in [5.41, 5.74) is 2.42. The third-order valence-electron chi connectivity index (χ3n) is 3.68. The molecule has 1 N–H and O–H groups in total. The smallest absolute Gasteiger partial charge is 0.161 e. The minimum absolute atomic E-state index is 0.0164. The lowest BCUT2D eigenvalue weighted by Gasteiger charge is -2.08. The number of hydrogen-bond donors (Lipinski definition) is 1. The van der Waals surface area contributed by atoms with Crippen LogP contribution in [0.1, 0.15) is 12.5 Å². The van der Waals surface area contributed by atoms with Gasteiger partial charge in [0.25, 0.3) is 0 Å². The van der Waals surface area contributed by atoms with Crippen molar-refractivity contribution in [2.75, 3.05) is 5.32 Å². The zero-order valence-electron chi connectivity index (χ0n) is 14.0. The zero-order valence-corrected chi connectivity index (χ0v) is 14.0. The van der Waals surface area contributed by atoms with E-state index in [1.807, 2.05) is 84.9 Å². The van der Waals surface area contributed by atoms with Gasteiger partial charge in [0.05, 0.1) is 0 Å². The van der Waals surface area contributed by atoms with Crippen LogP contribution < -0.4 is 10.1 Å². The van der Waals surface area contributed by atoms with Gasteiger partial charge in [0.1, 0.15) is 11.5 Å². The second-order valence-electron chi connectivity index (χ2n) is 5.56. The molecule has 0 unspecified atom stereocenters. The summed E-state index contributed by atoms with van der Waals surface area (Å²) < 4.78 is 5.77. The van der Waals surface area contributed by atoms with Crippen LogP contribution in [0.5, 0.6) is 11.5 Å². The highest BCUT2D eigenvalue weighted by Gasteiger charge is 2.06. The Balaban J connectivity index is 1.71. The third-order valence-corrected chi connectivity index (χ3v) is 3.68. The molecule has 3 aromatic rings. The molecule has 0 bridgehead atoms. The number of Topliss-reactive ketones (excluding diaryl/α,β-unsaturated/α-hetero) is 1. The number of nitrogens with one attached hydrogen (secondary N) is 1. The lowest BCUT2D eigenvalue weighted by Crippen LogP contribution is -1.99.